The van der Waals surface area contributed by atoms with Crippen molar-refractivity contribution in [2.45, 2.75) is 45.3 Å². The normalized spacial score (nSPS) is 21.4. The number of halogens is 1. The number of nitrogens with zero attached hydrogens (tertiary/aromatic N) is 3. The summed E-state index contributed by atoms with van der Waals surface area (Å²) < 4.78 is 5.22. The van der Waals surface area contributed by atoms with E-state index >= 15 is 0 Å². The van der Waals surface area contributed by atoms with E-state index in [1.54, 1.807) is 13.1 Å². The number of aromatic nitrogens is 1. The fourth-order valence-corrected chi connectivity index (χ4v) is 5.25. The highest BCUT2D eigenvalue weighted by atomic mass is 35.5. The fourth-order valence-electron chi connectivity index (χ4n) is 4.67. The van der Waals surface area contributed by atoms with Crippen LogP contribution in [0.1, 0.15) is 56.6 Å². The maximum Gasteiger partial charge on any atom is 0.325 e. The first-order valence-electron chi connectivity index (χ1n) is 11.0. The van der Waals surface area contributed by atoms with E-state index < -0.39 is 0 Å². The van der Waals surface area contributed by atoms with Crippen LogP contribution in [0.2, 0.25) is 5.02 Å². The number of anilines is 1. The first-order valence-corrected chi connectivity index (χ1v) is 11.8. The predicted molar refractivity (Wildman–Crippen MR) is 136 cm³/mol. The van der Waals surface area contributed by atoms with Crippen molar-refractivity contribution in [1.82, 2.24) is 15.2 Å². The van der Waals surface area contributed by atoms with Gasteiger partial charge in [0, 0.05) is 29.5 Å². The fraction of sp³-hybridized carbons (Fsp3) is 0.400. The third-order valence-corrected chi connectivity index (χ3v) is 7.14. The number of ether oxygens (including phenoxy) is 1. The van der Waals surface area contributed by atoms with Gasteiger partial charge in [-0.05, 0) is 75.3 Å². The lowest BCUT2D eigenvalue weighted by atomic mass is 9.86. The zero-order valence-electron chi connectivity index (χ0n) is 19.6. The van der Waals surface area contributed by atoms with Crippen molar-refractivity contribution < 1.29 is 9.53 Å². The van der Waals surface area contributed by atoms with Crippen molar-refractivity contribution in [2.24, 2.45) is 0 Å². The molecule has 3 heterocycles. The molecule has 1 N–H and O–H groups in total. The monoisotopic (exact) mass is 484 g/mol. The second kappa shape index (κ2) is 8.95. The Bertz CT molecular complexity index is 1120. The van der Waals surface area contributed by atoms with Crippen LogP contribution in [-0.2, 0) is 9.53 Å². The highest BCUT2D eigenvalue weighted by Crippen LogP contribution is 2.46. The van der Waals surface area contributed by atoms with Crippen LogP contribution >= 0.6 is 23.8 Å². The number of allylic oxidation sites excluding steroid dienone is 1. The number of rotatable bonds is 5. The molecule has 4 rings (SSSR count). The third kappa shape index (κ3) is 4.32. The average Bonchev–Trinajstić information content (AvgIpc) is 3.08. The summed E-state index contributed by atoms with van der Waals surface area (Å²) in [6.07, 6.45) is 4.01. The van der Waals surface area contributed by atoms with Crippen molar-refractivity contribution in [3.8, 4) is 0 Å². The summed E-state index contributed by atoms with van der Waals surface area (Å²) in [7, 11) is 2.08. The molecule has 1 saturated heterocycles. The van der Waals surface area contributed by atoms with Gasteiger partial charge in [0.1, 0.15) is 6.54 Å². The molecule has 8 heteroatoms. The van der Waals surface area contributed by atoms with Gasteiger partial charge in [0.15, 0.2) is 5.11 Å². The van der Waals surface area contributed by atoms with Gasteiger partial charge in [0.2, 0.25) is 0 Å². The van der Waals surface area contributed by atoms with Gasteiger partial charge in [-0.3, -0.25) is 9.78 Å². The lowest BCUT2D eigenvalue weighted by molar-refractivity contribution is -0.143. The number of benzene rings is 1. The predicted octanol–water partition coefficient (Wildman–Crippen LogP) is 4.90. The molecular formula is C25H29ClN4O2S. The first kappa shape index (κ1) is 23.5. The topological polar surface area (TPSA) is 57.7 Å². The van der Waals surface area contributed by atoms with Crippen molar-refractivity contribution in [1.29, 1.82) is 0 Å². The van der Waals surface area contributed by atoms with E-state index in [0.29, 0.717) is 16.7 Å². The number of hydrogen-bond donors (Lipinski definition) is 1. The molecule has 0 amide bonds. The number of thiocarbonyl (C=S) groups is 1. The quantitative estimate of drug-likeness (QED) is 0.478. The number of carbonyl (C=O) groups excluding carboxylic acids is 1. The smallest absolute Gasteiger partial charge is 0.325 e. The van der Waals surface area contributed by atoms with Gasteiger partial charge in [0.05, 0.1) is 29.9 Å². The minimum Gasteiger partial charge on any atom is -0.465 e. The SMILES string of the molecule is CCOC(=O)CN1C(=S)N[C@H](c2ccccn2)[C@@H]1c1cc2c(cc1Cl)N(C)C(C)(C)C=C2C. The Morgan fingerprint density at radius 2 is 2.09 bits per heavy atom. The third-order valence-electron chi connectivity index (χ3n) is 6.46. The lowest BCUT2D eigenvalue weighted by Gasteiger charge is -2.41. The zero-order valence-corrected chi connectivity index (χ0v) is 21.1. The zero-order chi connectivity index (χ0) is 23.9. The number of esters is 1. The summed E-state index contributed by atoms with van der Waals surface area (Å²) in [5.74, 6) is -0.333. The summed E-state index contributed by atoms with van der Waals surface area (Å²) in [6.45, 7) is 8.61. The van der Waals surface area contributed by atoms with Crippen molar-refractivity contribution in [3.05, 3.63) is 64.4 Å². The van der Waals surface area contributed by atoms with Crippen LogP contribution in [0.3, 0.4) is 0 Å². The highest BCUT2D eigenvalue weighted by Gasteiger charge is 2.42. The first-order chi connectivity index (χ1) is 15.6. The summed E-state index contributed by atoms with van der Waals surface area (Å²) in [6, 6.07) is 9.34. The van der Waals surface area contributed by atoms with E-state index in [4.69, 9.17) is 28.6 Å². The maximum absolute atomic E-state index is 12.4. The summed E-state index contributed by atoms with van der Waals surface area (Å²) in [5, 5.41) is 4.46. The Balaban J connectivity index is 1.84. The standard InChI is InChI=1S/C25H29ClN4O2S/c1-6-32-21(31)14-30-23(22(28-24(30)33)19-9-7-8-10-27-19)17-11-16-15(2)13-25(3,4)29(5)20(16)12-18(17)26/h7-13,22-23H,6,14H2,1-5H3,(H,28,33)/t22-,23+/m1/s1. The Morgan fingerprint density at radius 1 is 1.33 bits per heavy atom. The minimum atomic E-state index is -0.333. The van der Waals surface area contributed by atoms with Gasteiger partial charge < -0.3 is 19.9 Å². The molecule has 2 aromatic rings. The Morgan fingerprint density at radius 3 is 2.76 bits per heavy atom. The maximum atomic E-state index is 12.4. The minimum absolute atomic E-state index is 0.0306. The Hall–Kier alpha value is -2.64. The molecular weight excluding hydrogens is 456 g/mol. The average molecular weight is 485 g/mol. The molecule has 1 fully saturated rings. The molecule has 1 aromatic heterocycles. The molecule has 174 valence electrons. The molecule has 2 atom stereocenters. The van der Waals surface area contributed by atoms with E-state index in [1.807, 2.05) is 29.2 Å². The Kier molecular flexibility index (Phi) is 6.38. The lowest BCUT2D eigenvalue weighted by Crippen LogP contribution is -2.42. The van der Waals surface area contributed by atoms with Gasteiger partial charge in [-0.25, -0.2) is 0 Å². The van der Waals surface area contributed by atoms with Gasteiger partial charge in [-0.2, -0.15) is 0 Å². The number of likely N-dealkylation sites (N-methyl/N-ethyl adjacent to an activating group) is 1. The molecule has 6 nitrogen and oxygen atoms in total. The van der Waals surface area contributed by atoms with Crippen LogP contribution in [0.15, 0.2) is 42.6 Å². The van der Waals surface area contributed by atoms with Gasteiger partial charge >= 0.3 is 5.97 Å². The molecule has 2 aliphatic heterocycles. The van der Waals surface area contributed by atoms with Gasteiger partial charge in [-0.15, -0.1) is 0 Å². The number of carbonyl (C=O) groups is 1. The summed E-state index contributed by atoms with van der Waals surface area (Å²) in [5.41, 5.74) is 4.98. The van der Waals surface area contributed by atoms with Crippen molar-refractivity contribution >= 4 is 46.2 Å². The van der Waals surface area contributed by atoms with Crippen LogP contribution in [0.5, 0.6) is 0 Å². The molecule has 2 aliphatic rings. The van der Waals surface area contributed by atoms with Crippen LogP contribution in [0.4, 0.5) is 5.69 Å². The van der Waals surface area contributed by atoms with E-state index in [0.717, 1.165) is 22.5 Å². The molecule has 0 radical (unpaired) electrons. The Labute approximate surface area is 205 Å². The highest BCUT2D eigenvalue weighted by molar-refractivity contribution is 7.80. The molecule has 33 heavy (non-hydrogen) atoms. The molecule has 0 aliphatic carbocycles. The summed E-state index contributed by atoms with van der Waals surface area (Å²) in [4.78, 5) is 21.1. The number of hydrogen-bond acceptors (Lipinski definition) is 5. The van der Waals surface area contributed by atoms with Crippen molar-refractivity contribution in [2.75, 3.05) is 25.1 Å². The number of nitrogens with one attached hydrogen (secondary N) is 1. The molecule has 0 bridgehead atoms. The van der Waals surface area contributed by atoms with Crippen LogP contribution < -0.4 is 10.2 Å². The van der Waals surface area contributed by atoms with Crippen LogP contribution in [0, 0.1) is 0 Å². The number of fused-ring (bicyclic) bond motifs is 1. The molecule has 1 aromatic carbocycles. The van der Waals surface area contributed by atoms with Crippen molar-refractivity contribution in [3.63, 3.8) is 0 Å². The van der Waals surface area contributed by atoms with E-state index in [2.05, 4.69) is 55.2 Å². The largest absolute Gasteiger partial charge is 0.465 e. The molecule has 0 unspecified atom stereocenters. The summed E-state index contributed by atoms with van der Waals surface area (Å²) >= 11 is 12.6. The van der Waals surface area contributed by atoms with Crippen LogP contribution in [-0.4, -0.2) is 46.7 Å². The molecule has 0 saturated carbocycles. The van der Waals surface area contributed by atoms with E-state index in [-0.39, 0.29) is 30.1 Å². The van der Waals surface area contributed by atoms with Gasteiger partial charge in [0.25, 0.3) is 0 Å². The van der Waals surface area contributed by atoms with Crippen LogP contribution in [0.25, 0.3) is 5.57 Å². The van der Waals surface area contributed by atoms with Gasteiger partial charge in [-0.1, -0.05) is 23.7 Å². The number of pyridine rings is 1. The van der Waals surface area contributed by atoms with E-state index in [9.17, 15) is 4.79 Å². The second-order valence-electron chi connectivity index (χ2n) is 8.99. The van der Waals surface area contributed by atoms with E-state index in [1.165, 1.54) is 5.57 Å². The molecule has 0 spiro atoms. The second-order valence-corrected chi connectivity index (χ2v) is 9.78.